The smallest absolute Gasteiger partial charge is 0.274 e. The van der Waals surface area contributed by atoms with E-state index in [0.717, 1.165) is 0 Å². The summed E-state index contributed by atoms with van der Waals surface area (Å²) in [6.07, 6.45) is 3.01. The Balaban J connectivity index is 2.08. The number of amides is 1. The molecular weight excluding hydrogens is 266 g/mol. The Kier molecular flexibility index (Phi) is 4.62. The third kappa shape index (κ3) is 3.88. The second-order valence-corrected chi connectivity index (χ2v) is 4.10. The number of anilines is 2. The molecule has 0 aliphatic heterocycles. The molecule has 1 amide bonds. The van der Waals surface area contributed by atoms with Crippen LogP contribution < -0.4 is 10.6 Å². The number of aromatic nitrogens is 2. The third-order valence-corrected chi connectivity index (χ3v) is 2.60. The summed E-state index contributed by atoms with van der Waals surface area (Å²) in [5.74, 6) is 0.207. The van der Waals surface area contributed by atoms with Gasteiger partial charge in [0.25, 0.3) is 5.91 Å². The van der Waals surface area contributed by atoms with Crippen LogP contribution in [0.3, 0.4) is 0 Å². The molecule has 2 aromatic rings. The fourth-order valence-corrected chi connectivity index (χ4v) is 1.58. The number of nitrogens with one attached hydrogen (secondary N) is 2. The van der Waals surface area contributed by atoms with E-state index in [1.807, 2.05) is 6.07 Å². The summed E-state index contributed by atoms with van der Waals surface area (Å²) < 4.78 is 0. The molecule has 1 aromatic carbocycles. The van der Waals surface area contributed by atoms with Gasteiger partial charge in [-0.2, -0.15) is 5.26 Å². The van der Waals surface area contributed by atoms with E-state index in [-0.39, 0.29) is 11.6 Å². The van der Waals surface area contributed by atoms with Crippen molar-refractivity contribution in [3.8, 4) is 6.07 Å². The quantitative estimate of drug-likeness (QED) is 0.819. The number of carbonyl (C=O) groups excluding carboxylic acids is 1. The Labute approximate surface area is 122 Å². The number of hydrogen-bond donors (Lipinski definition) is 2. The Morgan fingerprint density at radius 1 is 1.33 bits per heavy atom. The molecule has 0 radical (unpaired) electrons. The highest BCUT2D eigenvalue weighted by Gasteiger charge is 2.09. The number of carbonyl (C=O) groups is 1. The van der Waals surface area contributed by atoms with E-state index in [4.69, 9.17) is 5.26 Å². The number of nitriles is 1. The van der Waals surface area contributed by atoms with E-state index in [2.05, 4.69) is 27.2 Å². The summed E-state index contributed by atoms with van der Waals surface area (Å²) in [7, 11) is 0. The van der Waals surface area contributed by atoms with Crippen LogP contribution in [0.5, 0.6) is 0 Å². The van der Waals surface area contributed by atoms with Crippen molar-refractivity contribution in [3.05, 3.63) is 60.6 Å². The van der Waals surface area contributed by atoms with Gasteiger partial charge in [0.2, 0.25) is 0 Å². The maximum absolute atomic E-state index is 12.1. The van der Waals surface area contributed by atoms with Crippen LogP contribution in [0.15, 0.2) is 49.3 Å². The van der Waals surface area contributed by atoms with Crippen molar-refractivity contribution in [2.75, 3.05) is 17.2 Å². The Hall–Kier alpha value is -3.20. The van der Waals surface area contributed by atoms with Crippen molar-refractivity contribution in [3.63, 3.8) is 0 Å². The molecule has 1 aromatic heterocycles. The van der Waals surface area contributed by atoms with E-state index in [1.165, 1.54) is 6.33 Å². The number of nitrogens with zero attached hydrogens (tertiary/aromatic N) is 3. The van der Waals surface area contributed by atoms with Gasteiger partial charge >= 0.3 is 0 Å². The van der Waals surface area contributed by atoms with Crippen LogP contribution in [0.1, 0.15) is 16.1 Å². The van der Waals surface area contributed by atoms with Crippen molar-refractivity contribution < 1.29 is 4.79 Å². The zero-order valence-corrected chi connectivity index (χ0v) is 11.2. The first kappa shape index (κ1) is 14.2. The maximum Gasteiger partial charge on any atom is 0.274 e. The van der Waals surface area contributed by atoms with Crippen LogP contribution in [-0.4, -0.2) is 22.4 Å². The van der Waals surface area contributed by atoms with Gasteiger partial charge in [0.15, 0.2) is 0 Å². The van der Waals surface area contributed by atoms with Crippen LogP contribution in [0.4, 0.5) is 11.5 Å². The molecule has 2 rings (SSSR count). The first-order valence-corrected chi connectivity index (χ1v) is 6.21. The van der Waals surface area contributed by atoms with E-state index < -0.39 is 0 Å². The van der Waals surface area contributed by atoms with Gasteiger partial charge in [0.05, 0.1) is 11.6 Å². The van der Waals surface area contributed by atoms with Crippen molar-refractivity contribution in [1.29, 1.82) is 5.26 Å². The lowest BCUT2D eigenvalue weighted by Crippen LogP contribution is -2.14. The average molecular weight is 279 g/mol. The predicted octanol–water partition coefficient (Wildman–Crippen LogP) is 2.20. The number of benzene rings is 1. The second-order valence-electron chi connectivity index (χ2n) is 4.10. The highest BCUT2D eigenvalue weighted by Crippen LogP contribution is 2.11. The molecule has 6 nitrogen and oxygen atoms in total. The maximum atomic E-state index is 12.1. The molecule has 2 N–H and O–H groups in total. The molecule has 0 atom stereocenters. The third-order valence-electron chi connectivity index (χ3n) is 2.60. The normalized spacial score (nSPS) is 9.48. The molecule has 0 fully saturated rings. The lowest BCUT2D eigenvalue weighted by molar-refractivity contribution is 0.102. The van der Waals surface area contributed by atoms with E-state index >= 15 is 0 Å². The van der Waals surface area contributed by atoms with Gasteiger partial charge < -0.3 is 10.6 Å². The first-order valence-electron chi connectivity index (χ1n) is 6.21. The van der Waals surface area contributed by atoms with Crippen LogP contribution in [0.25, 0.3) is 0 Å². The Morgan fingerprint density at radius 2 is 2.10 bits per heavy atom. The zero-order chi connectivity index (χ0) is 15.1. The molecule has 0 saturated heterocycles. The molecule has 21 heavy (non-hydrogen) atoms. The van der Waals surface area contributed by atoms with Crippen LogP contribution in [0, 0.1) is 11.3 Å². The molecular formula is C15H13N5O. The molecule has 104 valence electrons. The number of hydrogen-bond acceptors (Lipinski definition) is 5. The van der Waals surface area contributed by atoms with Crippen LogP contribution >= 0.6 is 0 Å². The lowest BCUT2D eigenvalue weighted by atomic mass is 10.2. The fourth-order valence-electron chi connectivity index (χ4n) is 1.58. The van der Waals surface area contributed by atoms with Gasteiger partial charge in [0.1, 0.15) is 17.8 Å². The largest absolute Gasteiger partial charge is 0.366 e. The Morgan fingerprint density at radius 3 is 2.76 bits per heavy atom. The van der Waals surface area contributed by atoms with Crippen molar-refractivity contribution in [1.82, 2.24) is 9.97 Å². The summed E-state index contributed by atoms with van der Waals surface area (Å²) in [5.41, 5.74) is 1.38. The fraction of sp³-hybridized carbons (Fsp3) is 0.0667. The molecule has 0 spiro atoms. The standard InChI is InChI=1S/C15H13N5O/c1-2-7-17-14-8-13(18-10-19-14)15(21)20-12-5-3-11(9-16)4-6-12/h2-6,8,10H,1,7H2,(H,20,21)(H,17,18,19). The minimum Gasteiger partial charge on any atom is -0.366 e. The van der Waals surface area contributed by atoms with E-state index in [9.17, 15) is 4.79 Å². The number of rotatable bonds is 5. The van der Waals surface area contributed by atoms with Crippen molar-refractivity contribution >= 4 is 17.4 Å². The van der Waals surface area contributed by atoms with Gasteiger partial charge in [-0.3, -0.25) is 4.79 Å². The summed E-state index contributed by atoms with van der Waals surface area (Å²) in [4.78, 5) is 20.0. The minimum atomic E-state index is -0.344. The monoisotopic (exact) mass is 279 g/mol. The van der Waals surface area contributed by atoms with Gasteiger partial charge in [0, 0.05) is 18.3 Å². The summed E-state index contributed by atoms with van der Waals surface area (Å²) in [6, 6.07) is 10.2. The molecule has 0 bridgehead atoms. The lowest BCUT2D eigenvalue weighted by Gasteiger charge is -2.06. The molecule has 0 aliphatic carbocycles. The van der Waals surface area contributed by atoms with E-state index in [0.29, 0.717) is 23.6 Å². The van der Waals surface area contributed by atoms with Crippen LogP contribution in [-0.2, 0) is 0 Å². The molecule has 6 heteroatoms. The van der Waals surface area contributed by atoms with Gasteiger partial charge in [-0.1, -0.05) is 6.08 Å². The van der Waals surface area contributed by atoms with Gasteiger partial charge in [-0.25, -0.2) is 9.97 Å². The average Bonchev–Trinajstić information content (AvgIpc) is 2.54. The molecule has 1 heterocycles. The topological polar surface area (TPSA) is 90.7 Å². The summed E-state index contributed by atoms with van der Waals surface area (Å²) in [6.45, 7) is 4.14. The minimum absolute atomic E-state index is 0.251. The predicted molar refractivity (Wildman–Crippen MR) is 79.8 cm³/mol. The second kappa shape index (κ2) is 6.82. The molecule has 0 aliphatic rings. The highest BCUT2D eigenvalue weighted by molar-refractivity contribution is 6.03. The van der Waals surface area contributed by atoms with Crippen LogP contribution in [0.2, 0.25) is 0 Å². The molecule has 0 saturated carbocycles. The highest BCUT2D eigenvalue weighted by atomic mass is 16.1. The summed E-state index contributed by atoms with van der Waals surface area (Å²) >= 11 is 0. The van der Waals surface area contributed by atoms with Crippen molar-refractivity contribution in [2.45, 2.75) is 0 Å². The first-order chi connectivity index (χ1) is 10.2. The SMILES string of the molecule is C=CCNc1cc(C(=O)Nc2ccc(C#N)cc2)ncn1. The van der Waals surface area contributed by atoms with Gasteiger partial charge in [-0.15, -0.1) is 6.58 Å². The van der Waals surface area contributed by atoms with E-state index in [1.54, 1.807) is 36.4 Å². The van der Waals surface area contributed by atoms with Gasteiger partial charge in [-0.05, 0) is 24.3 Å². The molecule has 0 unspecified atom stereocenters. The van der Waals surface area contributed by atoms with Crippen molar-refractivity contribution in [2.24, 2.45) is 0 Å². The Bertz CT molecular complexity index is 688. The summed E-state index contributed by atoms with van der Waals surface area (Å²) in [5, 5.41) is 14.4. The zero-order valence-electron chi connectivity index (χ0n) is 11.2.